The Morgan fingerprint density at radius 3 is 2.85 bits per heavy atom. The molecule has 4 nitrogen and oxygen atoms in total. The molecule has 0 spiro atoms. The SMILES string of the molecule is CNCC1CCCN(CC(=O)N(C)c2ccccc2)C1. The molecular formula is C16H25N3O. The lowest BCUT2D eigenvalue weighted by Crippen LogP contribution is -2.44. The highest BCUT2D eigenvalue weighted by Gasteiger charge is 2.22. The first-order valence-electron chi connectivity index (χ1n) is 7.39. The molecule has 1 N–H and O–H groups in total. The average molecular weight is 275 g/mol. The van der Waals surface area contributed by atoms with Crippen molar-refractivity contribution in [1.29, 1.82) is 0 Å². The molecule has 1 heterocycles. The van der Waals surface area contributed by atoms with Crippen LogP contribution >= 0.6 is 0 Å². The third-order valence-electron chi connectivity index (χ3n) is 3.97. The van der Waals surface area contributed by atoms with Gasteiger partial charge >= 0.3 is 0 Å². The van der Waals surface area contributed by atoms with E-state index in [2.05, 4.69) is 10.2 Å². The van der Waals surface area contributed by atoms with Crippen molar-refractivity contribution in [2.45, 2.75) is 12.8 Å². The average Bonchev–Trinajstić information content (AvgIpc) is 2.48. The molecule has 1 aromatic carbocycles. The van der Waals surface area contributed by atoms with Crippen LogP contribution in [0, 0.1) is 5.92 Å². The Labute approximate surface area is 121 Å². The lowest BCUT2D eigenvalue weighted by atomic mass is 9.98. The number of amides is 1. The predicted octanol–water partition coefficient (Wildman–Crippen LogP) is 1.58. The molecule has 0 bridgehead atoms. The summed E-state index contributed by atoms with van der Waals surface area (Å²) in [6.45, 7) is 3.62. The van der Waals surface area contributed by atoms with E-state index in [0.717, 1.165) is 25.3 Å². The van der Waals surface area contributed by atoms with E-state index in [1.54, 1.807) is 4.90 Å². The Balaban J connectivity index is 1.87. The first-order chi connectivity index (χ1) is 9.70. The van der Waals surface area contributed by atoms with Crippen LogP contribution in [-0.2, 0) is 4.79 Å². The van der Waals surface area contributed by atoms with Gasteiger partial charge in [-0.3, -0.25) is 9.69 Å². The lowest BCUT2D eigenvalue weighted by molar-refractivity contribution is -0.119. The number of carbonyl (C=O) groups is 1. The molecule has 0 radical (unpaired) electrons. The number of benzene rings is 1. The number of piperidine rings is 1. The highest BCUT2D eigenvalue weighted by atomic mass is 16.2. The molecule has 4 heteroatoms. The topological polar surface area (TPSA) is 35.6 Å². The van der Waals surface area contributed by atoms with Gasteiger partial charge in [0.15, 0.2) is 0 Å². The van der Waals surface area contributed by atoms with Gasteiger partial charge in [-0.05, 0) is 51.0 Å². The molecule has 0 saturated carbocycles. The van der Waals surface area contributed by atoms with Gasteiger partial charge in [0, 0.05) is 19.3 Å². The summed E-state index contributed by atoms with van der Waals surface area (Å²) in [6, 6.07) is 9.83. The van der Waals surface area contributed by atoms with E-state index in [4.69, 9.17) is 0 Å². The van der Waals surface area contributed by atoms with Crippen molar-refractivity contribution < 1.29 is 4.79 Å². The number of nitrogens with one attached hydrogen (secondary N) is 1. The van der Waals surface area contributed by atoms with Crippen LogP contribution in [-0.4, -0.2) is 51.1 Å². The van der Waals surface area contributed by atoms with Gasteiger partial charge in [0.1, 0.15) is 0 Å². The summed E-state index contributed by atoms with van der Waals surface area (Å²) >= 11 is 0. The van der Waals surface area contributed by atoms with Crippen molar-refractivity contribution in [2.75, 3.05) is 45.2 Å². The minimum atomic E-state index is 0.168. The maximum atomic E-state index is 12.3. The Hall–Kier alpha value is -1.39. The van der Waals surface area contributed by atoms with Gasteiger partial charge in [-0.1, -0.05) is 18.2 Å². The second-order valence-corrected chi connectivity index (χ2v) is 5.59. The zero-order chi connectivity index (χ0) is 14.4. The van der Waals surface area contributed by atoms with E-state index in [1.165, 1.54) is 12.8 Å². The minimum absolute atomic E-state index is 0.168. The van der Waals surface area contributed by atoms with Gasteiger partial charge in [0.05, 0.1) is 6.54 Å². The Kier molecular flexibility index (Phi) is 5.56. The van der Waals surface area contributed by atoms with Crippen LogP contribution in [0.15, 0.2) is 30.3 Å². The zero-order valence-electron chi connectivity index (χ0n) is 12.5. The summed E-state index contributed by atoms with van der Waals surface area (Å²) in [5.74, 6) is 0.838. The molecule has 1 aromatic rings. The maximum Gasteiger partial charge on any atom is 0.240 e. The van der Waals surface area contributed by atoms with Crippen LogP contribution in [0.2, 0.25) is 0 Å². The fourth-order valence-corrected chi connectivity index (χ4v) is 2.84. The molecule has 1 aliphatic heterocycles. The van der Waals surface area contributed by atoms with Crippen molar-refractivity contribution >= 4 is 11.6 Å². The first-order valence-corrected chi connectivity index (χ1v) is 7.39. The summed E-state index contributed by atoms with van der Waals surface area (Å²) in [7, 11) is 3.85. The third-order valence-corrected chi connectivity index (χ3v) is 3.97. The number of anilines is 1. The number of hydrogen-bond acceptors (Lipinski definition) is 3. The van der Waals surface area contributed by atoms with Crippen LogP contribution < -0.4 is 10.2 Å². The van der Waals surface area contributed by atoms with Crippen molar-refractivity contribution in [3.8, 4) is 0 Å². The fourth-order valence-electron chi connectivity index (χ4n) is 2.84. The maximum absolute atomic E-state index is 12.3. The lowest BCUT2D eigenvalue weighted by Gasteiger charge is -2.33. The molecule has 0 aromatic heterocycles. The number of rotatable bonds is 5. The molecule has 1 atom stereocenters. The van der Waals surface area contributed by atoms with E-state index in [9.17, 15) is 4.79 Å². The van der Waals surface area contributed by atoms with E-state index >= 15 is 0 Å². The largest absolute Gasteiger partial charge is 0.319 e. The Bertz CT molecular complexity index is 419. The standard InChI is InChI=1S/C16H25N3O/c1-17-11-14-7-6-10-19(12-14)13-16(20)18(2)15-8-4-3-5-9-15/h3-5,8-9,14,17H,6-7,10-13H2,1-2H3. The highest BCUT2D eigenvalue weighted by molar-refractivity contribution is 5.94. The van der Waals surface area contributed by atoms with Crippen molar-refractivity contribution in [1.82, 2.24) is 10.2 Å². The van der Waals surface area contributed by atoms with Crippen molar-refractivity contribution in [3.05, 3.63) is 30.3 Å². The summed E-state index contributed by atoms with van der Waals surface area (Å²) in [4.78, 5) is 16.4. The first kappa shape index (κ1) is 15.0. The normalized spacial score (nSPS) is 19.8. The molecule has 20 heavy (non-hydrogen) atoms. The van der Waals surface area contributed by atoms with Gasteiger partial charge in [-0.2, -0.15) is 0 Å². The molecule has 2 rings (SSSR count). The minimum Gasteiger partial charge on any atom is -0.319 e. The van der Waals surface area contributed by atoms with Crippen LogP contribution in [0.5, 0.6) is 0 Å². The second kappa shape index (κ2) is 7.41. The van der Waals surface area contributed by atoms with Crippen molar-refractivity contribution in [3.63, 3.8) is 0 Å². The highest BCUT2D eigenvalue weighted by Crippen LogP contribution is 2.17. The van der Waals surface area contributed by atoms with E-state index < -0.39 is 0 Å². The van der Waals surface area contributed by atoms with E-state index in [1.807, 2.05) is 44.4 Å². The van der Waals surface area contributed by atoms with Crippen LogP contribution in [0.25, 0.3) is 0 Å². The number of para-hydroxylation sites is 1. The van der Waals surface area contributed by atoms with Crippen LogP contribution in [0.1, 0.15) is 12.8 Å². The van der Waals surface area contributed by atoms with Gasteiger partial charge < -0.3 is 10.2 Å². The number of nitrogens with zero attached hydrogens (tertiary/aromatic N) is 2. The summed E-state index contributed by atoms with van der Waals surface area (Å²) in [5.41, 5.74) is 0.960. The number of hydrogen-bond donors (Lipinski definition) is 1. The molecule has 1 amide bonds. The molecule has 1 unspecified atom stereocenters. The predicted molar refractivity (Wildman–Crippen MR) is 82.9 cm³/mol. The van der Waals surface area contributed by atoms with Gasteiger partial charge in [0.25, 0.3) is 0 Å². The monoisotopic (exact) mass is 275 g/mol. The van der Waals surface area contributed by atoms with Crippen LogP contribution in [0.4, 0.5) is 5.69 Å². The van der Waals surface area contributed by atoms with Gasteiger partial charge in [-0.15, -0.1) is 0 Å². The van der Waals surface area contributed by atoms with Gasteiger partial charge in [0.2, 0.25) is 5.91 Å². The summed E-state index contributed by atoms with van der Waals surface area (Å²) in [6.07, 6.45) is 2.45. The summed E-state index contributed by atoms with van der Waals surface area (Å²) < 4.78 is 0. The Morgan fingerprint density at radius 2 is 2.15 bits per heavy atom. The second-order valence-electron chi connectivity index (χ2n) is 5.59. The number of likely N-dealkylation sites (tertiary alicyclic amines) is 1. The van der Waals surface area contributed by atoms with Crippen molar-refractivity contribution in [2.24, 2.45) is 5.92 Å². The fraction of sp³-hybridized carbons (Fsp3) is 0.562. The molecule has 1 saturated heterocycles. The molecular weight excluding hydrogens is 250 g/mol. The Morgan fingerprint density at radius 1 is 1.40 bits per heavy atom. The van der Waals surface area contributed by atoms with Gasteiger partial charge in [-0.25, -0.2) is 0 Å². The quantitative estimate of drug-likeness (QED) is 0.886. The number of likely N-dealkylation sites (N-methyl/N-ethyl adjacent to an activating group) is 1. The smallest absolute Gasteiger partial charge is 0.240 e. The number of carbonyl (C=O) groups excluding carboxylic acids is 1. The molecule has 1 aliphatic rings. The third kappa shape index (κ3) is 4.05. The van der Waals surface area contributed by atoms with E-state index in [-0.39, 0.29) is 5.91 Å². The van der Waals surface area contributed by atoms with Crippen LogP contribution in [0.3, 0.4) is 0 Å². The molecule has 0 aliphatic carbocycles. The zero-order valence-corrected chi connectivity index (χ0v) is 12.5. The summed E-state index contributed by atoms with van der Waals surface area (Å²) in [5, 5.41) is 3.24. The molecule has 110 valence electrons. The molecule has 1 fully saturated rings. The van der Waals surface area contributed by atoms with E-state index in [0.29, 0.717) is 12.5 Å².